The highest BCUT2D eigenvalue weighted by atomic mass is 28.3. The van der Waals surface area contributed by atoms with E-state index in [1.165, 1.54) is 138 Å². The van der Waals surface area contributed by atoms with E-state index >= 15 is 0 Å². The van der Waals surface area contributed by atoms with E-state index in [2.05, 4.69) is 226 Å². The smallest absolute Gasteiger partial charge is 0.126 e. The predicted molar refractivity (Wildman–Crippen MR) is 317 cm³/mol. The van der Waals surface area contributed by atoms with Crippen LogP contribution in [0.4, 0.5) is 0 Å². The Kier molecular flexibility index (Phi) is 16.2. The van der Waals surface area contributed by atoms with Gasteiger partial charge in [-0.05, 0) is 162 Å². The van der Waals surface area contributed by atoms with Crippen molar-refractivity contribution < 1.29 is 0 Å². The van der Waals surface area contributed by atoms with Crippen molar-refractivity contribution in [1.82, 2.24) is 0 Å². The molecule has 0 aromatic heterocycles. The van der Waals surface area contributed by atoms with Crippen LogP contribution in [0.15, 0.2) is 72.8 Å². The van der Waals surface area contributed by atoms with Gasteiger partial charge >= 0.3 is 0 Å². The summed E-state index contributed by atoms with van der Waals surface area (Å²) in [4.78, 5) is 0. The zero-order chi connectivity index (χ0) is 48.7. The molecule has 0 radical (unpaired) electrons. The number of hydrogen-bond donors (Lipinski definition) is 0. The first kappa shape index (κ1) is 50.8. The van der Waals surface area contributed by atoms with Gasteiger partial charge in [0.05, 0.1) is 0 Å². The minimum absolute atomic E-state index is 1.16. The Morgan fingerprint density at radius 1 is 0.265 bits per heavy atom. The third-order valence-electron chi connectivity index (χ3n) is 17.3. The van der Waals surface area contributed by atoms with Crippen molar-refractivity contribution >= 4 is 99.7 Å². The van der Waals surface area contributed by atoms with Crippen LogP contribution in [0.1, 0.15) is 128 Å². The third-order valence-corrected chi connectivity index (χ3v) is 36.1. The summed E-state index contributed by atoms with van der Waals surface area (Å²) in [5, 5.41) is 9.75. The van der Waals surface area contributed by atoms with E-state index in [1.807, 2.05) is 0 Å². The Morgan fingerprint density at radius 2 is 0.441 bits per heavy atom. The van der Waals surface area contributed by atoms with E-state index < -0.39 is 32.3 Å². The lowest BCUT2D eigenvalue weighted by Gasteiger charge is -2.21. The highest BCUT2D eigenvalue weighted by Gasteiger charge is 2.28. The largest absolute Gasteiger partial charge is 0.138 e. The van der Waals surface area contributed by atoms with Crippen LogP contribution in [0, 0.1) is 45.9 Å². The molecule has 0 unspecified atom stereocenters. The summed E-state index contributed by atoms with van der Waals surface area (Å²) >= 11 is 0. The van der Waals surface area contributed by atoms with Crippen molar-refractivity contribution in [3.8, 4) is 45.9 Å². The summed E-state index contributed by atoms with van der Waals surface area (Å²) in [6.45, 7) is 28.3. The molecule has 0 bridgehead atoms. The molecule has 0 atom stereocenters. The molecule has 6 aromatic rings. The fraction of sp³-hybridized carbons (Fsp3) is 0.375. The van der Waals surface area contributed by atoms with Gasteiger partial charge in [-0.1, -0.05) is 180 Å². The molecular weight excluding hydrogens is 881 g/mol. The van der Waals surface area contributed by atoms with Gasteiger partial charge in [-0.25, -0.2) is 0 Å². The van der Waals surface area contributed by atoms with Gasteiger partial charge in [-0.2, -0.15) is 0 Å². The van der Waals surface area contributed by atoms with Crippen LogP contribution in [0.3, 0.4) is 0 Å². The molecule has 0 fully saturated rings. The molecule has 0 nitrogen and oxygen atoms in total. The summed E-state index contributed by atoms with van der Waals surface area (Å²) in [6, 6.07) is 41.8. The monoisotopic (exact) mass is 957 g/mol. The minimum atomic E-state index is -1.74. The molecule has 68 heavy (non-hydrogen) atoms. The number of rotatable bonds is 12. The van der Waals surface area contributed by atoms with Gasteiger partial charge in [-0.15, -0.1) is 22.2 Å². The van der Waals surface area contributed by atoms with Crippen LogP contribution < -0.4 is 0 Å². The first-order valence-corrected chi connectivity index (χ1v) is 37.0. The van der Waals surface area contributed by atoms with Crippen LogP contribution in [0.25, 0.3) is 67.4 Å². The molecule has 1 aliphatic carbocycles. The van der Waals surface area contributed by atoms with E-state index in [0.717, 1.165) is 22.3 Å². The Hall–Kier alpha value is -5.05. The van der Waals surface area contributed by atoms with Crippen molar-refractivity contribution in [3.05, 3.63) is 117 Å². The number of benzene rings is 6. The molecule has 0 aliphatic heterocycles. The van der Waals surface area contributed by atoms with Crippen LogP contribution in [0.2, 0.25) is 72.5 Å². The summed E-state index contributed by atoms with van der Waals surface area (Å²) < 4.78 is 0. The van der Waals surface area contributed by atoms with Gasteiger partial charge in [0, 0.05) is 22.3 Å². The highest BCUT2D eigenvalue weighted by molar-refractivity contribution is 6.88. The highest BCUT2D eigenvalue weighted by Crippen LogP contribution is 2.40. The quantitative estimate of drug-likeness (QED) is 0.0650. The maximum absolute atomic E-state index is 4.01. The fourth-order valence-corrected chi connectivity index (χ4v) is 20.5. The SMILES string of the molecule is CC[Si](C#Cc1c2ccccc2c(C#C[Si](CC)(CC)CC)c2cc3c(cc12)/C=C\c1cc2c(C#C[Si](CC)(CC)CC)c4ccccc4c(C#C[Si](CC)(CC)CC)c2cc1/C=C\3)(CC)CC. The van der Waals surface area contributed by atoms with Gasteiger partial charge in [0.1, 0.15) is 32.3 Å². The van der Waals surface area contributed by atoms with E-state index in [1.54, 1.807) is 0 Å². The summed E-state index contributed by atoms with van der Waals surface area (Å²) in [6.07, 6.45) is 9.42. The maximum Gasteiger partial charge on any atom is 0.138 e. The zero-order valence-electron chi connectivity index (χ0n) is 43.7. The van der Waals surface area contributed by atoms with Crippen molar-refractivity contribution in [2.24, 2.45) is 0 Å². The Bertz CT molecular complexity index is 2730. The minimum Gasteiger partial charge on any atom is -0.126 e. The molecule has 4 heteroatoms. The van der Waals surface area contributed by atoms with Crippen molar-refractivity contribution in [1.29, 1.82) is 0 Å². The third kappa shape index (κ3) is 9.61. The Labute approximate surface area is 415 Å². The van der Waals surface area contributed by atoms with Crippen molar-refractivity contribution in [2.75, 3.05) is 0 Å². The molecule has 0 saturated heterocycles. The Morgan fingerprint density at radius 3 is 0.603 bits per heavy atom. The molecule has 0 heterocycles. The fourth-order valence-electron chi connectivity index (χ4n) is 10.8. The van der Waals surface area contributed by atoms with E-state index in [-0.39, 0.29) is 0 Å². The molecule has 0 amide bonds. The van der Waals surface area contributed by atoms with Crippen LogP contribution in [0.5, 0.6) is 0 Å². The summed E-state index contributed by atoms with van der Waals surface area (Å²) in [5.41, 5.74) is 25.5. The van der Waals surface area contributed by atoms with Gasteiger partial charge in [0.15, 0.2) is 0 Å². The normalized spacial score (nSPS) is 13.5. The topological polar surface area (TPSA) is 0 Å². The van der Waals surface area contributed by atoms with Crippen molar-refractivity contribution in [3.63, 3.8) is 0 Å². The van der Waals surface area contributed by atoms with E-state index in [0.29, 0.717) is 0 Å². The molecule has 0 spiro atoms. The second-order valence-electron chi connectivity index (χ2n) is 19.7. The average Bonchev–Trinajstić information content (AvgIpc) is 3.39. The standard InChI is InChI=1S/C64H76Si4/c1-13-65(14-2,15-3)41-37-57-53-29-25-26-30-54(53)58(38-42-66(16-4,17-5)18-6)62-46-50-35-36-52-48-64-60(40-44-68(22-10,23-11)24-12)56-32-28-27-31-55(56)59(39-43-67(19-7,20-8)21-9)63(64)47-51(52)34-33-49(50)45-61(57)62/h25-36,45-48H,13-24H2,1-12H3/b34-33-,36-35-,49-33?,50-35?,51-34?,52-36?. The number of hydrogen-bond acceptors (Lipinski definition) is 0. The second-order valence-corrected chi connectivity index (χ2v) is 39.4. The molecule has 7 rings (SSSR count). The average molecular weight is 958 g/mol. The molecule has 0 N–H and O–H groups in total. The van der Waals surface area contributed by atoms with Crippen LogP contribution in [-0.4, -0.2) is 32.3 Å². The second kappa shape index (κ2) is 21.7. The molecule has 348 valence electrons. The summed E-state index contributed by atoms with van der Waals surface area (Å²) in [7, 11) is -6.97. The zero-order valence-corrected chi connectivity index (χ0v) is 47.7. The van der Waals surface area contributed by atoms with Gasteiger partial charge < -0.3 is 0 Å². The Balaban J connectivity index is 1.56. The van der Waals surface area contributed by atoms with Crippen molar-refractivity contribution in [2.45, 2.75) is 156 Å². The van der Waals surface area contributed by atoms with E-state index in [4.69, 9.17) is 0 Å². The number of fused-ring (bicyclic) bond motifs is 6. The van der Waals surface area contributed by atoms with Gasteiger partial charge in [0.25, 0.3) is 0 Å². The molecule has 0 saturated carbocycles. The van der Waals surface area contributed by atoms with Gasteiger partial charge in [-0.3, -0.25) is 0 Å². The van der Waals surface area contributed by atoms with E-state index in [9.17, 15) is 0 Å². The lowest BCUT2D eigenvalue weighted by molar-refractivity contribution is 1.20. The first-order chi connectivity index (χ1) is 33.0. The lowest BCUT2D eigenvalue weighted by Crippen LogP contribution is -2.29. The molecule has 6 aromatic carbocycles. The van der Waals surface area contributed by atoms with Gasteiger partial charge in [0.2, 0.25) is 0 Å². The molecule has 1 aliphatic rings. The summed E-state index contributed by atoms with van der Waals surface area (Å²) in [5.74, 6) is 15.7. The first-order valence-electron chi connectivity index (χ1n) is 26.5. The van der Waals surface area contributed by atoms with Crippen LogP contribution in [-0.2, 0) is 0 Å². The van der Waals surface area contributed by atoms with Crippen LogP contribution >= 0.6 is 0 Å². The maximum atomic E-state index is 4.01. The lowest BCUT2D eigenvalue weighted by atomic mass is 9.87. The predicted octanol–water partition coefficient (Wildman–Crippen LogP) is 18.6. The molecular formula is C64H76Si4.